The van der Waals surface area contributed by atoms with Gasteiger partial charge in [0.2, 0.25) is 11.8 Å². The Morgan fingerprint density at radius 2 is 1.81 bits per heavy atom. The monoisotopic (exact) mass is 450 g/mol. The number of aliphatic imine (C=N–C) groups is 1. The van der Waals surface area contributed by atoms with Crippen molar-refractivity contribution in [1.82, 2.24) is 16.0 Å². The molecule has 12 heteroatoms. The maximum absolute atomic E-state index is 12.3. The molecule has 0 bridgehead atoms. The van der Waals surface area contributed by atoms with Gasteiger partial charge in [0.05, 0.1) is 12.6 Å². The van der Waals surface area contributed by atoms with Crippen molar-refractivity contribution in [2.45, 2.75) is 44.5 Å². The number of carbonyl (C=O) groups excluding carboxylic acids is 4. The summed E-state index contributed by atoms with van der Waals surface area (Å²) < 4.78 is 5.01. The number of nitrogens with zero attached hydrogens (tertiary/aromatic N) is 1. The Bertz CT molecular complexity index is 784. The van der Waals surface area contributed by atoms with Crippen LogP contribution in [0.3, 0.4) is 0 Å². The van der Waals surface area contributed by atoms with Gasteiger partial charge in [-0.2, -0.15) is 0 Å². The zero-order valence-corrected chi connectivity index (χ0v) is 17.8. The number of nitrogens with one attached hydrogen (secondary N) is 3. The van der Waals surface area contributed by atoms with Crippen molar-refractivity contribution >= 4 is 30.2 Å². The average Bonchev–Trinajstić information content (AvgIpc) is 2.78. The molecule has 0 aliphatic heterocycles. The zero-order valence-electron chi connectivity index (χ0n) is 17.8. The maximum Gasteiger partial charge on any atom is 0.408 e. The fraction of sp³-hybridized carbons (Fsp3) is 0.450. The molecule has 1 aromatic carbocycles. The molecule has 0 aliphatic rings. The van der Waals surface area contributed by atoms with E-state index in [0.717, 1.165) is 5.56 Å². The summed E-state index contributed by atoms with van der Waals surface area (Å²) in [5.41, 5.74) is 11.2. The summed E-state index contributed by atoms with van der Waals surface area (Å²) in [4.78, 5) is 51.4. The second kappa shape index (κ2) is 14.4. The molecule has 0 saturated heterocycles. The highest BCUT2D eigenvalue weighted by Gasteiger charge is 2.25. The van der Waals surface area contributed by atoms with Gasteiger partial charge in [-0.05, 0) is 25.3 Å². The number of nitrogens with two attached hydrogens (primary N) is 2. The molecule has 32 heavy (non-hydrogen) atoms. The molecule has 2 unspecified atom stereocenters. The molecule has 0 aromatic heterocycles. The lowest BCUT2D eigenvalue weighted by Crippen LogP contribution is -2.55. The first-order chi connectivity index (χ1) is 15.3. The lowest BCUT2D eigenvalue weighted by Gasteiger charge is -2.21. The second-order valence-corrected chi connectivity index (χ2v) is 6.87. The van der Waals surface area contributed by atoms with Gasteiger partial charge in [0.25, 0.3) is 0 Å². The van der Waals surface area contributed by atoms with Gasteiger partial charge in [-0.3, -0.25) is 14.6 Å². The highest BCUT2D eigenvalue weighted by Crippen LogP contribution is 2.01. The number of rotatable bonds is 13. The van der Waals surface area contributed by atoms with Crippen molar-refractivity contribution in [3.05, 3.63) is 35.9 Å². The van der Waals surface area contributed by atoms with E-state index in [4.69, 9.17) is 16.2 Å². The van der Waals surface area contributed by atoms with Crippen molar-refractivity contribution < 1.29 is 29.0 Å². The van der Waals surface area contributed by atoms with Gasteiger partial charge in [-0.25, -0.2) is 4.79 Å². The first kappa shape index (κ1) is 26.4. The Balaban J connectivity index is 2.47. The van der Waals surface area contributed by atoms with Gasteiger partial charge < -0.3 is 42.1 Å². The van der Waals surface area contributed by atoms with Crippen LogP contribution < -0.4 is 27.4 Å². The number of ether oxygens (including phenoxy) is 1. The minimum atomic E-state index is -1.32. The molecule has 12 nitrogen and oxygen atoms in total. The SMILES string of the molecule is CC(NC(=O)[C@@H](CO)NC(=O)OCc1ccccc1)C(=O)NC(C=O)CCCN=C(N)N. The number of aldehydes is 1. The lowest BCUT2D eigenvalue weighted by atomic mass is 10.1. The van der Waals surface area contributed by atoms with E-state index in [2.05, 4.69) is 20.9 Å². The normalized spacial score (nSPS) is 13.1. The number of hydrogen-bond donors (Lipinski definition) is 6. The fourth-order valence-corrected chi connectivity index (χ4v) is 2.48. The van der Waals surface area contributed by atoms with Crippen LogP contribution in [-0.4, -0.2) is 66.5 Å². The minimum Gasteiger partial charge on any atom is -0.445 e. The smallest absolute Gasteiger partial charge is 0.408 e. The summed E-state index contributed by atoms with van der Waals surface area (Å²) in [7, 11) is 0. The Hall–Kier alpha value is -3.67. The first-order valence-corrected chi connectivity index (χ1v) is 9.96. The number of alkyl carbamates (subject to hydrolysis) is 1. The standard InChI is InChI=1S/C20H30N6O6/c1-13(17(29)25-15(10-27)8-5-9-23-19(21)22)24-18(30)16(11-28)26-20(31)32-12-14-6-3-2-4-7-14/h2-4,6-7,10,13,15-16,28H,5,8-9,11-12H2,1H3,(H,24,30)(H,25,29)(H,26,31)(H4,21,22,23)/t13?,15?,16-/m1/s1. The molecule has 0 heterocycles. The molecule has 0 spiro atoms. The number of hydrogen-bond acceptors (Lipinski definition) is 7. The maximum atomic E-state index is 12.3. The number of benzene rings is 1. The molecule has 1 rings (SSSR count). The number of aliphatic hydroxyl groups excluding tert-OH is 1. The molecule has 3 amide bonds. The quantitative estimate of drug-likeness (QED) is 0.0904. The number of amides is 3. The Labute approximate surface area is 185 Å². The average molecular weight is 450 g/mol. The van der Waals surface area contributed by atoms with Crippen LogP contribution in [-0.2, 0) is 25.7 Å². The summed E-state index contributed by atoms with van der Waals surface area (Å²) >= 11 is 0. The number of aliphatic hydroxyl groups is 1. The van der Waals surface area contributed by atoms with E-state index in [1.54, 1.807) is 24.3 Å². The summed E-state index contributed by atoms with van der Waals surface area (Å²) in [6.07, 6.45) is 0.440. The van der Waals surface area contributed by atoms with Crippen LogP contribution in [0.2, 0.25) is 0 Å². The Kier molecular flexibility index (Phi) is 11.8. The van der Waals surface area contributed by atoms with Crippen LogP contribution in [0.1, 0.15) is 25.3 Å². The highest BCUT2D eigenvalue weighted by atomic mass is 16.5. The van der Waals surface area contributed by atoms with E-state index >= 15 is 0 Å². The molecule has 0 fully saturated rings. The summed E-state index contributed by atoms with van der Waals surface area (Å²) in [6.45, 7) is 0.986. The van der Waals surface area contributed by atoms with E-state index in [-0.39, 0.29) is 12.6 Å². The second-order valence-electron chi connectivity index (χ2n) is 6.87. The van der Waals surface area contributed by atoms with Crippen LogP contribution >= 0.6 is 0 Å². The van der Waals surface area contributed by atoms with Gasteiger partial charge in [-0.15, -0.1) is 0 Å². The summed E-state index contributed by atoms with van der Waals surface area (Å²) in [5.74, 6) is -1.47. The third-order valence-corrected chi connectivity index (χ3v) is 4.22. The molecule has 8 N–H and O–H groups in total. The molecule has 0 aliphatic carbocycles. The molecule has 0 radical (unpaired) electrons. The van der Waals surface area contributed by atoms with Crippen LogP contribution in [0, 0.1) is 0 Å². The number of carbonyl (C=O) groups is 4. The fourth-order valence-electron chi connectivity index (χ4n) is 2.48. The van der Waals surface area contributed by atoms with Crippen LogP contribution in [0.15, 0.2) is 35.3 Å². The highest BCUT2D eigenvalue weighted by molar-refractivity contribution is 5.91. The molecular weight excluding hydrogens is 420 g/mol. The van der Waals surface area contributed by atoms with Gasteiger partial charge in [-0.1, -0.05) is 30.3 Å². The first-order valence-electron chi connectivity index (χ1n) is 9.96. The molecule has 3 atom stereocenters. The Morgan fingerprint density at radius 1 is 1.12 bits per heavy atom. The topological polar surface area (TPSA) is 198 Å². The minimum absolute atomic E-state index is 0.0124. The van der Waals surface area contributed by atoms with Crippen LogP contribution in [0.4, 0.5) is 4.79 Å². The Morgan fingerprint density at radius 3 is 2.41 bits per heavy atom. The van der Waals surface area contributed by atoms with Gasteiger partial charge in [0.1, 0.15) is 25.0 Å². The van der Waals surface area contributed by atoms with Crippen molar-refractivity contribution in [2.24, 2.45) is 16.5 Å². The number of guanidine groups is 1. The predicted octanol–water partition coefficient (Wildman–Crippen LogP) is -1.48. The summed E-state index contributed by atoms with van der Waals surface area (Å²) in [5, 5.41) is 16.5. The molecule has 0 saturated carbocycles. The predicted molar refractivity (Wildman–Crippen MR) is 116 cm³/mol. The molecule has 176 valence electrons. The molecule has 1 aromatic rings. The summed E-state index contributed by atoms with van der Waals surface area (Å²) in [6, 6.07) is 5.77. The largest absolute Gasteiger partial charge is 0.445 e. The third-order valence-electron chi connectivity index (χ3n) is 4.22. The van der Waals surface area contributed by atoms with Crippen molar-refractivity contribution in [1.29, 1.82) is 0 Å². The van der Waals surface area contributed by atoms with Crippen LogP contribution in [0.25, 0.3) is 0 Å². The van der Waals surface area contributed by atoms with Crippen molar-refractivity contribution in [2.75, 3.05) is 13.2 Å². The van der Waals surface area contributed by atoms with Crippen molar-refractivity contribution in [3.63, 3.8) is 0 Å². The van der Waals surface area contributed by atoms with Gasteiger partial charge >= 0.3 is 6.09 Å². The van der Waals surface area contributed by atoms with Crippen molar-refractivity contribution in [3.8, 4) is 0 Å². The van der Waals surface area contributed by atoms with Crippen LogP contribution in [0.5, 0.6) is 0 Å². The van der Waals surface area contributed by atoms with E-state index in [9.17, 15) is 24.3 Å². The lowest BCUT2D eigenvalue weighted by molar-refractivity contribution is -0.131. The van der Waals surface area contributed by atoms with Gasteiger partial charge in [0, 0.05) is 6.54 Å². The third kappa shape index (κ3) is 10.4. The molecular formula is C20H30N6O6. The van der Waals surface area contributed by atoms with Gasteiger partial charge in [0.15, 0.2) is 5.96 Å². The zero-order chi connectivity index (χ0) is 23.9. The van der Waals surface area contributed by atoms with E-state index in [0.29, 0.717) is 25.7 Å². The van der Waals surface area contributed by atoms with E-state index in [1.165, 1.54) is 6.92 Å². The van der Waals surface area contributed by atoms with E-state index < -0.39 is 42.6 Å². The van der Waals surface area contributed by atoms with E-state index in [1.807, 2.05) is 6.07 Å².